The number of morpholine rings is 1. The van der Waals surface area contributed by atoms with Crippen molar-refractivity contribution in [3.63, 3.8) is 0 Å². The molecule has 2 rings (SSSR count). The van der Waals surface area contributed by atoms with Crippen molar-refractivity contribution in [2.45, 2.75) is 37.8 Å². The van der Waals surface area contributed by atoms with Crippen LogP contribution in [0.25, 0.3) is 0 Å². The zero-order valence-corrected chi connectivity index (χ0v) is 12.0. The highest BCUT2D eigenvalue weighted by Crippen LogP contribution is 2.27. The lowest BCUT2D eigenvalue weighted by Gasteiger charge is -2.36. The Hall–Kier alpha value is -0.960. The Morgan fingerprint density at radius 1 is 1.47 bits per heavy atom. The number of hydrogen-bond donors (Lipinski definition) is 1. The van der Waals surface area contributed by atoms with E-state index in [0.717, 1.165) is 0 Å². The molecular weight excluding hydrogens is 272 g/mol. The molecular formula is C11H18N2O5S. The summed E-state index contributed by atoms with van der Waals surface area (Å²) in [4.78, 5) is 0.109. The largest absolute Gasteiger partial charge is 0.394 e. The molecule has 2 atom stereocenters. The smallest absolute Gasteiger partial charge is 0.248 e. The summed E-state index contributed by atoms with van der Waals surface area (Å²) in [7, 11) is -3.69. The molecule has 0 radical (unpaired) electrons. The molecule has 0 aliphatic carbocycles. The van der Waals surface area contributed by atoms with Crippen molar-refractivity contribution in [2.75, 3.05) is 19.8 Å². The number of aliphatic hydroxyl groups is 1. The maximum absolute atomic E-state index is 12.7. The van der Waals surface area contributed by atoms with Crippen molar-refractivity contribution in [1.82, 2.24) is 9.46 Å². The van der Waals surface area contributed by atoms with Crippen molar-refractivity contribution in [2.24, 2.45) is 0 Å². The first-order valence-electron chi connectivity index (χ1n) is 6.05. The van der Waals surface area contributed by atoms with Gasteiger partial charge in [-0.05, 0) is 20.8 Å². The van der Waals surface area contributed by atoms with E-state index in [4.69, 9.17) is 14.4 Å². The van der Waals surface area contributed by atoms with Gasteiger partial charge in [0, 0.05) is 12.6 Å². The van der Waals surface area contributed by atoms with Gasteiger partial charge in [0.05, 0.1) is 19.3 Å². The molecule has 8 heteroatoms. The molecule has 2 heterocycles. The Bertz CT molecular complexity index is 534. The van der Waals surface area contributed by atoms with E-state index in [2.05, 4.69) is 5.16 Å². The molecule has 7 nitrogen and oxygen atoms in total. The zero-order valence-electron chi connectivity index (χ0n) is 11.2. The fraction of sp³-hybridized carbons (Fsp3) is 0.727. The van der Waals surface area contributed by atoms with Gasteiger partial charge in [0.1, 0.15) is 10.6 Å². The SMILES string of the molecule is Cc1noc(C)c1S(=O)(=O)N1CC(CO)OCC1C. The second-order valence-electron chi connectivity index (χ2n) is 4.71. The second-order valence-corrected chi connectivity index (χ2v) is 6.54. The predicted octanol–water partition coefficient (Wildman–Crippen LogP) is 0.0617. The Balaban J connectivity index is 2.38. The van der Waals surface area contributed by atoms with Gasteiger partial charge in [0.2, 0.25) is 10.0 Å². The van der Waals surface area contributed by atoms with Crippen LogP contribution in [0.5, 0.6) is 0 Å². The summed E-state index contributed by atoms with van der Waals surface area (Å²) in [6.45, 7) is 5.11. The van der Waals surface area contributed by atoms with Crippen LogP contribution in [0.4, 0.5) is 0 Å². The quantitative estimate of drug-likeness (QED) is 0.846. The van der Waals surface area contributed by atoms with Crippen LogP contribution in [-0.2, 0) is 14.8 Å². The Kier molecular flexibility index (Phi) is 3.95. The van der Waals surface area contributed by atoms with E-state index < -0.39 is 16.1 Å². The van der Waals surface area contributed by atoms with E-state index in [-0.39, 0.29) is 36.5 Å². The molecule has 1 saturated heterocycles. The van der Waals surface area contributed by atoms with Gasteiger partial charge >= 0.3 is 0 Å². The van der Waals surface area contributed by atoms with Gasteiger partial charge in [0.25, 0.3) is 0 Å². The van der Waals surface area contributed by atoms with Crippen LogP contribution < -0.4 is 0 Å². The molecule has 1 aromatic rings. The maximum atomic E-state index is 12.7. The van der Waals surface area contributed by atoms with E-state index in [1.165, 1.54) is 4.31 Å². The summed E-state index contributed by atoms with van der Waals surface area (Å²) in [5.74, 6) is 0.275. The van der Waals surface area contributed by atoms with E-state index in [0.29, 0.717) is 5.69 Å². The number of aliphatic hydroxyl groups excluding tert-OH is 1. The fourth-order valence-electron chi connectivity index (χ4n) is 2.20. The van der Waals surface area contributed by atoms with Crippen molar-refractivity contribution >= 4 is 10.0 Å². The third kappa shape index (κ3) is 2.53. The minimum absolute atomic E-state index is 0.109. The number of hydrogen-bond acceptors (Lipinski definition) is 6. The number of rotatable bonds is 3. The molecule has 1 N–H and O–H groups in total. The summed E-state index contributed by atoms with van der Waals surface area (Å²) in [5.41, 5.74) is 0.344. The number of aromatic nitrogens is 1. The Labute approximate surface area is 112 Å². The van der Waals surface area contributed by atoms with Gasteiger partial charge in [-0.2, -0.15) is 4.31 Å². The number of nitrogens with zero attached hydrogens (tertiary/aromatic N) is 2. The van der Waals surface area contributed by atoms with Gasteiger partial charge in [0.15, 0.2) is 5.76 Å². The van der Waals surface area contributed by atoms with E-state index in [9.17, 15) is 8.42 Å². The van der Waals surface area contributed by atoms with Crippen LogP contribution in [0.2, 0.25) is 0 Å². The number of ether oxygens (including phenoxy) is 1. The van der Waals surface area contributed by atoms with Crippen LogP contribution in [0.1, 0.15) is 18.4 Å². The highest BCUT2D eigenvalue weighted by Gasteiger charge is 2.38. The lowest BCUT2D eigenvalue weighted by molar-refractivity contribution is -0.0516. The van der Waals surface area contributed by atoms with Crippen LogP contribution in [0, 0.1) is 13.8 Å². The van der Waals surface area contributed by atoms with E-state index in [1.54, 1.807) is 20.8 Å². The third-order valence-corrected chi connectivity index (χ3v) is 5.41. The lowest BCUT2D eigenvalue weighted by Crippen LogP contribution is -2.52. The molecule has 0 saturated carbocycles. The first-order valence-corrected chi connectivity index (χ1v) is 7.49. The second kappa shape index (κ2) is 5.20. The van der Waals surface area contributed by atoms with Gasteiger partial charge in [-0.25, -0.2) is 8.42 Å². The maximum Gasteiger partial charge on any atom is 0.248 e. The van der Waals surface area contributed by atoms with Gasteiger partial charge in [-0.1, -0.05) is 5.16 Å². The fourth-order valence-corrected chi connectivity index (χ4v) is 4.14. The average Bonchev–Trinajstić information content (AvgIpc) is 2.70. The summed E-state index contributed by atoms with van der Waals surface area (Å²) in [5, 5.41) is 12.8. The normalized spacial score (nSPS) is 25.7. The molecule has 0 spiro atoms. The molecule has 108 valence electrons. The predicted molar refractivity (Wildman–Crippen MR) is 66.2 cm³/mol. The summed E-state index contributed by atoms with van der Waals surface area (Å²) in [6.07, 6.45) is -0.494. The monoisotopic (exact) mass is 290 g/mol. The standard InChI is InChI=1S/C11H18N2O5S/c1-7-6-17-10(5-14)4-13(7)19(15,16)11-8(2)12-18-9(11)3/h7,10,14H,4-6H2,1-3H3. The molecule has 1 aliphatic heterocycles. The zero-order chi connectivity index (χ0) is 14.2. The van der Waals surface area contributed by atoms with Crippen LogP contribution in [-0.4, -0.2) is 54.9 Å². The molecule has 2 unspecified atom stereocenters. The van der Waals surface area contributed by atoms with Crippen molar-refractivity contribution in [3.8, 4) is 0 Å². The van der Waals surface area contributed by atoms with Crippen LogP contribution in [0.15, 0.2) is 9.42 Å². The molecule has 1 fully saturated rings. The van der Waals surface area contributed by atoms with E-state index in [1.807, 2.05) is 0 Å². The van der Waals surface area contributed by atoms with Crippen molar-refractivity contribution < 1.29 is 22.8 Å². The number of sulfonamides is 1. The topological polar surface area (TPSA) is 92.9 Å². The average molecular weight is 290 g/mol. The number of aryl methyl sites for hydroxylation is 2. The molecule has 19 heavy (non-hydrogen) atoms. The van der Waals surface area contributed by atoms with Crippen LogP contribution >= 0.6 is 0 Å². The van der Waals surface area contributed by atoms with Gasteiger partial charge in [-0.15, -0.1) is 0 Å². The van der Waals surface area contributed by atoms with Crippen LogP contribution in [0.3, 0.4) is 0 Å². The van der Waals surface area contributed by atoms with Crippen molar-refractivity contribution in [1.29, 1.82) is 0 Å². The minimum Gasteiger partial charge on any atom is -0.394 e. The lowest BCUT2D eigenvalue weighted by atomic mass is 10.2. The Morgan fingerprint density at radius 3 is 2.68 bits per heavy atom. The van der Waals surface area contributed by atoms with Gasteiger partial charge < -0.3 is 14.4 Å². The van der Waals surface area contributed by atoms with Crippen molar-refractivity contribution in [3.05, 3.63) is 11.5 Å². The minimum atomic E-state index is -3.69. The third-order valence-electron chi connectivity index (χ3n) is 3.19. The highest BCUT2D eigenvalue weighted by atomic mass is 32.2. The molecule has 0 amide bonds. The highest BCUT2D eigenvalue weighted by molar-refractivity contribution is 7.89. The molecule has 1 aliphatic rings. The Morgan fingerprint density at radius 2 is 2.16 bits per heavy atom. The molecule has 0 aromatic carbocycles. The molecule has 1 aromatic heterocycles. The summed E-state index contributed by atoms with van der Waals surface area (Å²) in [6, 6.07) is -0.290. The van der Waals surface area contributed by atoms with E-state index >= 15 is 0 Å². The first kappa shape index (κ1) is 14.4. The molecule has 0 bridgehead atoms. The first-order chi connectivity index (χ1) is 8.87. The van der Waals surface area contributed by atoms with Gasteiger partial charge in [-0.3, -0.25) is 0 Å². The summed E-state index contributed by atoms with van der Waals surface area (Å²) >= 11 is 0. The summed E-state index contributed by atoms with van der Waals surface area (Å²) < 4.78 is 36.9.